The first-order valence-corrected chi connectivity index (χ1v) is 7.18. The number of nitrogens with zero attached hydrogens (tertiary/aromatic N) is 2. The summed E-state index contributed by atoms with van der Waals surface area (Å²) >= 11 is 1.37. The van der Waals surface area contributed by atoms with Crippen molar-refractivity contribution in [2.45, 2.75) is 0 Å². The zero-order valence-electron chi connectivity index (χ0n) is 11.0. The number of hydrogen-bond donors (Lipinski definition) is 2. The highest BCUT2D eigenvalue weighted by molar-refractivity contribution is 7.12. The third-order valence-electron chi connectivity index (χ3n) is 2.85. The van der Waals surface area contributed by atoms with Gasteiger partial charge in [-0.15, -0.1) is 11.3 Å². The van der Waals surface area contributed by atoms with Gasteiger partial charge < -0.3 is 0 Å². The Labute approximate surface area is 125 Å². The Kier molecular flexibility index (Phi) is 3.88. The van der Waals surface area contributed by atoms with E-state index in [1.165, 1.54) is 11.3 Å². The van der Waals surface area contributed by atoms with Gasteiger partial charge in [0.2, 0.25) is 0 Å². The fraction of sp³-hybridized carbons (Fsp3) is 0. The molecule has 0 radical (unpaired) electrons. The molecule has 1 aromatic carbocycles. The minimum Gasteiger partial charge on any atom is -0.277 e. The van der Waals surface area contributed by atoms with E-state index in [1.54, 1.807) is 18.5 Å². The van der Waals surface area contributed by atoms with Crippen molar-refractivity contribution >= 4 is 23.5 Å². The summed E-state index contributed by atoms with van der Waals surface area (Å²) in [5.74, 6) is -0.217. The molecule has 2 N–H and O–H groups in total. The monoisotopic (exact) mass is 296 g/mol. The summed E-state index contributed by atoms with van der Waals surface area (Å²) < 4.78 is 0. The number of amides is 1. The van der Waals surface area contributed by atoms with Crippen LogP contribution in [-0.2, 0) is 0 Å². The average Bonchev–Trinajstić information content (AvgIpc) is 3.20. The molecule has 0 spiro atoms. The van der Waals surface area contributed by atoms with Crippen molar-refractivity contribution in [2.24, 2.45) is 5.10 Å². The third-order valence-corrected chi connectivity index (χ3v) is 3.71. The average molecular weight is 296 g/mol. The highest BCUT2D eigenvalue weighted by atomic mass is 32.1. The molecule has 0 fully saturated rings. The van der Waals surface area contributed by atoms with Crippen molar-refractivity contribution in [3.63, 3.8) is 0 Å². The topological polar surface area (TPSA) is 70.1 Å². The first-order chi connectivity index (χ1) is 10.3. The minimum atomic E-state index is -0.217. The molecule has 1 amide bonds. The van der Waals surface area contributed by atoms with E-state index in [4.69, 9.17) is 0 Å². The van der Waals surface area contributed by atoms with Gasteiger partial charge in [-0.25, -0.2) is 5.43 Å². The van der Waals surface area contributed by atoms with E-state index >= 15 is 0 Å². The number of hydrazone groups is 1. The Morgan fingerprint density at radius 3 is 2.86 bits per heavy atom. The molecule has 0 aliphatic carbocycles. The fourth-order valence-electron chi connectivity index (χ4n) is 1.85. The second kappa shape index (κ2) is 6.15. The lowest BCUT2D eigenvalue weighted by Gasteiger charge is -1.99. The molecule has 0 aliphatic heterocycles. The van der Waals surface area contributed by atoms with Gasteiger partial charge in [-0.3, -0.25) is 9.89 Å². The van der Waals surface area contributed by atoms with Crippen LogP contribution in [0.25, 0.3) is 11.3 Å². The molecule has 0 saturated heterocycles. The van der Waals surface area contributed by atoms with Gasteiger partial charge in [-0.2, -0.15) is 10.2 Å². The van der Waals surface area contributed by atoms with E-state index in [0.29, 0.717) is 4.88 Å². The van der Waals surface area contributed by atoms with Crippen molar-refractivity contribution in [3.05, 3.63) is 64.5 Å². The molecule has 0 saturated carbocycles. The van der Waals surface area contributed by atoms with Gasteiger partial charge in [0.25, 0.3) is 5.91 Å². The SMILES string of the molecule is O=C(N/N=C/c1cn[nH]c1-c1ccccc1)c1cccs1. The summed E-state index contributed by atoms with van der Waals surface area (Å²) in [7, 11) is 0. The molecule has 0 bridgehead atoms. The molecular weight excluding hydrogens is 284 g/mol. The Bertz CT molecular complexity index is 747. The van der Waals surface area contributed by atoms with Crippen molar-refractivity contribution in [2.75, 3.05) is 0 Å². The van der Waals surface area contributed by atoms with E-state index in [1.807, 2.05) is 41.8 Å². The van der Waals surface area contributed by atoms with Crippen LogP contribution in [0.3, 0.4) is 0 Å². The molecule has 5 nitrogen and oxygen atoms in total. The minimum absolute atomic E-state index is 0.217. The highest BCUT2D eigenvalue weighted by Gasteiger charge is 2.06. The van der Waals surface area contributed by atoms with Crippen molar-refractivity contribution in [3.8, 4) is 11.3 Å². The maximum Gasteiger partial charge on any atom is 0.281 e. The molecule has 2 aromatic heterocycles. The Balaban J connectivity index is 1.73. The van der Waals surface area contributed by atoms with Gasteiger partial charge in [-0.05, 0) is 11.4 Å². The van der Waals surface area contributed by atoms with Crippen LogP contribution in [0, 0.1) is 0 Å². The molecule has 0 atom stereocenters. The first kappa shape index (κ1) is 13.3. The van der Waals surface area contributed by atoms with Gasteiger partial charge in [-0.1, -0.05) is 36.4 Å². The number of hydrogen-bond acceptors (Lipinski definition) is 4. The van der Waals surface area contributed by atoms with E-state index in [-0.39, 0.29) is 5.91 Å². The van der Waals surface area contributed by atoms with E-state index in [0.717, 1.165) is 16.8 Å². The zero-order chi connectivity index (χ0) is 14.5. The van der Waals surface area contributed by atoms with Gasteiger partial charge >= 0.3 is 0 Å². The number of carbonyl (C=O) groups excluding carboxylic acids is 1. The van der Waals surface area contributed by atoms with Crippen molar-refractivity contribution in [1.82, 2.24) is 15.6 Å². The molecular formula is C15H12N4OS. The third kappa shape index (κ3) is 3.06. The summed E-state index contributed by atoms with van der Waals surface area (Å²) in [6.45, 7) is 0. The van der Waals surface area contributed by atoms with Crippen LogP contribution >= 0.6 is 11.3 Å². The van der Waals surface area contributed by atoms with Gasteiger partial charge in [0.05, 0.1) is 23.0 Å². The largest absolute Gasteiger partial charge is 0.281 e. The van der Waals surface area contributed by atoms with Crippen molar-refractivity contribution < 1.29 is 4.79 Å². The number of H-pyrrole nitrogens is 1. The number of benzene rings is 1. The van der Waals surface area contributed by atoms with Crippen LogP contribution in [0.4, 0.5) is 0 Å². The summed E-state index contributed by atoms with van der Waals surface area (Å²) in [6.07, 6.45) is 3.25. The number of rotatable bonds is 4. The smallest absolute Gasteiger partial charge is 0.277 e. The summed E-state index contributed by atoms with van der Waals surface area (Å²) in [5, 5.41) is 12.8. The lowest BCUT2D eigenvalue weighted by atomic mass is 10.1. The van der Waals surface area contributed by atoms with E-state index in [2.05, 4.69) is 20.7 Å². The Hall–Kier alpha value is -2.73. The second-order valence-electron chi connectivity index (χ2n) is 4.24. The lowest BCUT2D eigenvalue weighted by molar-refractivity contribution is 0.0959. The second-order valence-corrected chi connectivity index (χ2v) is 5.19. The van der Waals surface area contributed by atoms with Crippen LogP contribution in [0.1, 0.15) is 15.2 Å². The highest BCUT2D eigenvalue weighted by Crippen LogP contribution is 2.18. The number of carbonyl (C=O) groups is 1. The van der Waals surface area contributed by atoms with Crippen LogP contribution in [0.2, 0.25) is 0 Å². The first-order valence-electron chi connectivity index (χ1n) is 6.30. The van der Waals surface area contributed by atoms with Gasteiger partial charge in [0.1, 0.15) is 0 Å². The number of aromatic amines is 1. The number of thiophene rings is 1. The van der Waals surface area contributed by atoms with Crippen LogP contribution in [-0.4, -0.2) is 22.3 Å². The normalized spacial score (nSPS) is 10.9. The van der Waals surface area contributed by atoms with Gasteiger partial charge in [0, 0.05) is 11.1 Å². The zero-order valence-corrected chi connectivity index (χ0v) is 11.8. The fourth-order valence-corrected chi connectivity index (χ4v) is 2.47. The molecule has 104 valence electrons. The maximum atomic E-state index is 11.8. The Morgan fingerprint density at radius 2 is 2.10 bits per heavy atom. The van der Waals surface area contributed by atoms with E-state index in [9.17, 15) is 4.79 Å². The molecule has 3 rings (SSSR count). The predicted octanol–water partition coefficient (Wildman–Crippen LogP) is 2.90. The predicted molar refractivity (Wildman–Crippen MR) is 83.4 cm³/mol. The Morgan fingerprint density at radius 1 is 1.24 bits per heavy atom. The maximum absolute atomic E-state index is 11.8. The van der Waals surface area contributed by atoms with Crippen LogP contribution < -0.4 is 5.43 Å². The summed E-state index contributed by atoms with van der Waals surface area (Å²) in [5.41, 5.74) is 5.19. The van der Waals surface area contributed by atoms with Crippen molar-refractivity contribution in [1.29, 1.82) is 0 Å². The summed E-state index contributed by atoms with van der Waals surface area (Å²) in [6, 6.07) is 13.4. The van der Waals surface area contributed by atoms with Gasteiger partial charge in [0.15, 0.2) is 0 Å². The number of aromatic nitrogens is 2. The number of nitrogens with one attached hydrogen (secondary N) is 2. The van der Waals surface area contributed by atoms with Crippen LogP contribution in [0.15, 0.2) is 59.1 Å². The molecule has 0 unspecified atom stereocenters. The van der Waals surface area contributed by atoms with Crippen LogP contribution in [0.5, 0.6) is 0 Å². The standard InChI is InChI=1S/C15H12N4OS/c20-15(13-7-4-8-21-13)19-17-10-12-9-16-18-14(12)11-5-2-1-3-6-11/h1-10H,(H,16,18)(H,19,20)/b17-10+. The molecule has 6 heteroatoms. The molecule has 21 heavy (non-hydrogen) atoms. The molecule has 0 aliphatic rings. The quantitative estimate of drug-likeness (QED) is 0.574. The summed E-state index contributed by atoms with van der Waals surface area (Å²) in [4.78, 5) is 12.4. The molecule has 2 heterocycles. The van der Waals surface area contributed by atoms with E-state index < -0.39 is 0 Å². The lowest BCUT2D eigenvalue weighted by Crippen LogP contribution is -2.16. The molecule has 3 aromatic rings.